The topological polar surface area (TPSA) is 61.4 Å². The van der Waals surface area contributed by atoms with Crippen LogP contribution in [-0.4, -0.2) is 24.9 Å². The number of hydrogen-bond acceptors (Lipinski definition) is 4. The molecule has 0 N–H and O–H groups in total. The van der Waals surface area contributed by atoms with Crippen LogP contribution in [0.5, 0.6) is 5.75 Å². The van der Waals surface area contributed by atoms with Crippen LogP contribution in [0.15, 0.2) is 59.2 Å². The standard InChI is InChI=1S/C25H23BrN4O2/c1-3-8-21-28-24-23(25-27-18-12-5-6-13-19(18)30(21)25)20(32-22(31)9-4-2)15-29(24)17-11-7-10-16(26)14-17/h5-7,10-15H,3-4,8-9H2,1-2H3. The fourth-order valence-electron chi connectivity index (χ4n) is 4.09. The van der Waals surface area contributed by atoms with Crippen LogP contribution in [0.25, 0.3) is 33.4 Å². The van der Waals surface area contributed by atoms with Crippen molar-refractivity contribution >= 4 is 49.6 Å². The summed E-state index contributed by atoms with van der Waals surface area (Å²) in [5.41, 5.74) is 4.31. The summed E-state index contributed by atoms with van der Waals surface area (Å²) in [4.78, 5) is 22.5. The number of aromatic nitrogens is 4. The van der Waals surface area contributed by atoms with Crippen LogP contribution < -0.4 is 4.74 Å². The number of esters is 1. The summed E-state index contributed by atoms with van der Waals surface area (Å²) in [5.74, 6) is 1.16. The molecule has 162 valence electrons. The molecular formula is C25H23BrN4O2. The fraction of sp³-hybridized carbons (Fsp3) is 0.240. The van der Waals surface area contributed by atoms with Gasteiger partial charge in [0.1, 0.15) is 11.2 Å². The van der Waals surface area contributed by atoms with Gasteiger partial charge in [0.25, 0.3) is 0 Å². The van der Waals surface area contributed by atoms with Gasteiger partial charge in [-0.3, -0.25) is 13.8 Å². The number of nitrogens with zero attached hydrogens (tertiary/aromatic N) is 4. The van der Waals surface area contributed by atoms with Gasteiger partial charge in [0.15, 0.2) is 17.0 Å². The first-order valence-electron chi connectivity index (χ1n) is 10.9. The molecule has 0 saturated carbocycles. The van der Waals surface area contributed by atoms with Crippen molar-refractivity contribution in [1.29, 1.82) is 0 Å². The molecule has 0 amide bonds. The number of carbonyl (C=O) groups excluding carboxylic acids is 1. The summed E-state index contributed by atoms with van der Waals surface area (Å²) in [6.45, 7) is 4.10. The minimum Gasteiger partial charge on any atom is -0.424 e. The van der Waals surface area contributed by atoms with E-state index in [2.05, 4.69) is 33.3 Å². The van der Waals surface area contributed by atoms with Crippen LogP contribution in [0.2, 0.25) is 0 Å². The molecule has 0 aliphatic heterocycles. The van der Waals surface area contributed by atoms with E-state index in [0.29, 0.717) is 12.2 Å². The van der Waals surface area contributed by atoms with Gasteiger partial charge < -0.3 is 4.74 Å². The van der Waals surface area contributed by atoms with Gasteiger partial charge in [-0.15, -0.1) is 0 Å². The van der Waals surface area contributed by atoms with Crippen LogP contribution in [-0.2, 0) is 11.2 Å². The molecule has 3 heterocycles. The Bertz CT molecular complexity index is 1470. The van der Waals surface area contributed by atoms with Gasteiger partial charge in [-0.2, -0.15) is 0 Å². The number of fused-ring (bicyclic) bond motifs is 5. The van der Waals surface area contributed by atoms with Crippen molar-refractivity contribution in [2.45, 2.75) is 39.5 Å². The van der Waals surface area contributed by atoms with E-state index in [1.807, 2.05) is 60.2 Å². The van der Waals surface area contributed by atoms with E-state index >= 15 is 0 Å². The molecule has 0 aliphatic carbocycles. The third-order valence-electron chi connectivity index (χ3n) is 5.46. The Balaban J connectivity index is 1.88. The first kappa shape index (κ1) is 20.7. The Kier molecular flexibility index (Phi) is 5.43. The number of carbonyl (C=O) groups is 1. The second-order valence-corrected chi connectivity index (χ2v) is 8.72. The monoisotopic (exact) mass is 490 g/mol. The average molecular weight is 491 g/mol. The molecule has 0 bridgehead atoms. The van der Waals surface area contributed by atoms with Gasteiger partial charge >= 0.3 is 5.97 Å². The van der Waals surface area contributed by atoms with Gasteiger partial charge in [0.2, 0.25) is 0 Å². The second kappa shape index (κ2) is 8.39. The van der Waals surface area contributed by atoms with Gasteiger partial charge in [0.05, 0.1) is 17.2 Å². The molecule has 2 aromatic carbocycles. The predicted molar refractivity (Wildman–Crippen MR) is 130 cm³/mol. The zero-order valence-corrected chi connectivity index (χ0v) is 19.6. The highest BCUT2D eigenvalue weighted by molar-refractivity contribution is 9.10. The normalized spacial score (nSPS) is 11.6. The van der Waals surface area contributed by atoms with Crippen LogP contribution in [0.3, 0.4) is 0 Å². The highest BCUT2D eigenvalue weighted by Gasteiger charge is 2.22. The van der Waals surface area contributed by atoms with Crippen LogP contribution in [0.4, 0.5) is 0 Å². The van der Waals surface area contributed by atoms with E-state index < -0.39 is 0 Å². The summed E-state index contributed by atoms with van der Waals surface area (Å²) in [6.07, 6.45) is 4.70. The van der Waals surface area contributed by atoms with Crippen LogP contribution in [0, 0.1) is 0 Å². The molecule has 0 aliphatic rings. The Hall–Kier alpha value is -3.19. The molecule has 0 fully saturated rings. The lowest BCUT2D eigenvalue weighted by Gasteiger charge is -2.09. The number of imidazole rings is 1. The molecule has 5 rings (SSSR count). The van der Waals surface area contributed by atoms with Crippen molar-refractivity contribution in [2.75, 3.05) is 0 Å². The van der Waals surface area contributed by atoms with Crippen molar-refractivity contribution in [2.24, 2.45) is 0 Å². The SMILES string of the molecule is CCCC(=O)Oc1cn(-c2cccc(Br)c2)c2nc(CCC)n3c4ccccc4nc3c12. The summed E-state index contributed by atoms with van der Waals surface area (Å²) >= 11 is 3.56. The smallest absolute Gasteiger partial charge is 0.311 e. The maximum absolute atomic E-state index is 12.4. The summed E-state index contributed by atoms with van der Waals surface area (Å²) in [5, 5.41) is 0.741. The summed E-state index contributed by atoms with van der Waals surface area (Å²) in [7, 11) is 0. The third kappa shape index (κ3) is 3.46. The molecule has 3 aromatic heterocycles. The number of para-hydroxylation sites is 2. The Morgan fingerprint density at radius 3 is 2.66 bits per heavy atom. The van der Waals surface area contributed by atoms with Crippen molar-refractivity contribution in [3.8, 4) is 11.4 Å². The Morgan fingerprint density at radius 2 is 1.88 bits per heavy atom. The molecule has 6 nitrogen and oxygen atoms in total. The van der Waals surface area contributed by atoms with Crippen molar-refractivity contribution < 1.29 is 9.53 Å². The lowest BCUT2D eigenvalue weighted by atomic mass is 10.2. The molecule has 0 unspecified atom stereocenters. The lowest BCUT2D eigenvalue weighted by molar-refractivity contribution is -0.134. The quantitative estimate of drug-likeness (QED) is 0.264. The van der Waals surface area contributed by atoms with E-state index in [4.69, 9.17) is 14.7 Å². The molecule has 32 heavy (non-hydrogen) atoms. The Morgan fingerprint density at radius 1 is 1.03 bits per heavy atom. The van der Waals surface area contributed by atoms with Gasteiger partial charge in [0, 0.05) is 23.0 Å². The zero-order valence-electron chi connectivity index (χ0n) is 18.0. The van der Waals surface area contributed by atoms with E-state index in [1.54, 1.807) is 0 Å². The van der Waals surface area contributed by atoms with Crippen LogP contribution in [0.1, 0.15) is 38.9 Å². The molecule has 0 radical (unpaired) electrons. The van der Waals surface area contributed by atoms with E-state index in [9.17, 15) is 4.79 Å². The number of rotatable bonds is 6. The molecule has 0 atom stereocenters. The summed E-state index contributed by atoms with van der Waals surface area (Å²) in [6, 6.07) is 16.0. The van der Waals surface area contributed by atoms with Gasteiger partial charge in [-0.25, -0.2) is 9.97 Å². The molecule has 0 saturated heterocycles. The van der Waals surface area contributed by atoms with Crippen molar-refractivity contribution in [3.63, 3.8) is 0 Å². The number of hydrogen-bond donors (Lipinski definition) is 0. The summed E-state index contributed by atoms with van der Waals surface area (Å²) < 4.78 is 10.9. The fourth-order valence-corrected chi connectivity index (χ4v) is 4.48. The third-order valence-corrected chi connectivity index (χ3v) is 5.95. The van der Waals surface area contributed by atoms with Gasteiger partial charge in [-0.1, -0.05) is 48.0 Å². The molecule has 5 aromatic rings. The van der Waals surface area contributed by atoms with E-state index in [-0.39, 0.29) is 5.97 Å². The van der Waals surface area contributed by atoms with Gasteiger partial charge in [-0.05, 0) is 43.2 Å². The minimum atomic E-state index is -0.257. The number of ether oxygens (including phenoxy) is 1. The molecule has 0 spiro atoms. The maximum Gasteiger partial charge on any atom is 0.311 e. The first-order valence-corrected chi connectivity index (χ1v) is 11.7. The van der Waals surface area contributed by atoms with Crippen LogP contribution >= 0.6 is 15.9 Å². The Labute approximate surface area is 194 Å². The largest absolute Gasteiger partial charge is 0.424 e. The molecule has 7 heteroatoms. The first-order chi connectivity index (χ1) is 15.6. The number of benzene rings is 2. The highest BCUT2D eigenvalue weighted by atomic mass is 79.9. The average Bonchev–Trinajstić information content (AvgIpc) is 3.33. The lowest BCUT2D eigenvalue weighted by Crippen LogP contribution is -2.07. The predicted octanol–water partition coefficient (Wildman–Crippen LogP) is 6.25. The second-order valence-electron chi connectivity index (χ2n) is 7.80. The zero-order chi connectivity index (χ0) is 22.2. The van der Waals surface area contributed by atoms with E-state index in [1.165, 1.54) is 0 Å². The minimum absolute atomic E-state index is 0.257. The maximum atomic E-state index is 12.4. The van der Waals surface area contributed by atoms with Crippen molar-refractivity contribution in [1.82, 2.24) is 18.9 Å². The number of aryl methyl sites for hydroxylation is 1. The highest BCUT2D eigenvalue weighted by Crippen LogP contribution is 2.35. The van der Waals surface area contributed by atoms with Crippen molar-refractivity contribution in [3.05, 3.63) is 65.0 Å². The number of halogens is 1. The van der Waals surface area contributed by atoms with E-state index in [0.717, 1.165) is 63.0 Å². The molecular weight excluding hydrogens is 468 g/mol.